The third kappa shape index (κ3) is 2.78. The lowest BCUT2D eigenvalue weighted by Crippen LogP contribution is -2.37. The summed E-state index contributed by atoms with van der Waals surface area (Å²) >= 11 is 0. The number of aliphatic hydroxyl groups excluding tert-OH is 1. The van der Waals surface area contributed by atoms with E-state index in [0.717, 1.165) is 0 Å². The number of nitrogens with one attached hydrogen (secondary N) is 1. The average molecular weight is 213 g/mol. The molecular formula is C8H11N3O4. The molecular weight excluding hydrogens is 202 g/mol. The van der Waals surface area contributed by atoms with Crippen molar-refractivity contribution in [2.24, 2.45) is 7.05 Å². The zero-order valence-corrected chi connectivity index (χ0v) is 8.04. The second-order valence-electron chi connectivity index (χ2n) is 2.95. The van der Waals surface area contributed by atoms with Gasteiger partial charge in [-0.15, -0.1) is 0 Å². The first-order valence-corrected chi connectivity index (χ1v) is 4.17. The molecule has 0 saturated heterocycles. The molecule has 15 heavy (non-hydrogen) atoms. The number of imidazole rings is 1. The summed E-state index contributed by atoms with van der Waals surface area (Å²) in [5.41, 5.74) is 0.299. The van der Waals surface area contributed by atoms with E-state index >= 15 is 0 Å². The SMILES string of the molecule is Cn1cncc1C(=O)NCC(O)C(=O)O. The van der Waals surface area contributed by atoms with Gasteiger partial charge in [0.15, 0.2) is 6.10 Å². The third-order valence-corrected chi connectivity index (χ3v) is 1.79. The maximum absolute atomic E-state index is 11.4. The number of carboxylic acid groups (broad SMARTS) is 1. The van der Waals surface area contributed by atoms with E-state index in [-0.39, 0.29) is 6.54 Å². The minimum absolute atomic E-state index is 0.299. The molecule has 0 aliphatic heterocycles. The minimum Gasteiger partial charge on any atom is -0.479 e. The van der Waals surface area contributed by atoms with Crippen LogP contribution in [0, 0.1) is 0 Å². The predicted molar refractivity (Wildman–Crippen MR) is 49.2 cm³/mol. The molecule has 0 bridgehead atoms. The number of rotatable bonds is 4. The molecule has 1 aromatic heterocycles. The lowest BCUT2D eigenvalue weighted by molar-refractivity contribution is -0.146. The number of amides is 1. The highest BCUT2D eigenvalue weighted by atomic mass is 16.4. The minimum atomic E-state index is -1.60. The molecule has 0 fully saturated rings. The van der Waals surface area contributed by atoms with Gasteiger partial charge in [-0.2, -0.15) is 0 Å². The first-order chi connectivity index (χ1) is 7.02. The quantitative estimate of drug-likeness (QED) is 0.570. The molecule has 7 heteroatoms. The Kier molecular flexibility index (Phi) is 3.40. The lowest BCUT2D eigenvalue weighted by atomic mass is 10.3. The normalized spacial score (nSPS) is 12.1. The van der Waals surface area contributed by atoms with Gasteiger partial charge in [0.25, 0.3) is 5.91 Å². The van der Waals surface area contributed by atoms with Crippen molar-refractivity contribution in [1.82, 2.24) is 14.9 Å². The van der Waals surface area contributed by atoms with Crippen molar-refractivity contribution in [3.8, 4) is 0 Å². The van der Waals surface area contributed by atoms with Crippen molar-refractivity contribution in [3.05, 3.63) is 18.2 Å². The lowest BCUT2D eigenvalue weighted by Gasteiger charge is -2.07. The van der Waals surface area contributed by atoms with Gasteiger partial charge in [0.05, 0.1) is 19.1 Å². The summed E-state index contributed by atoms with van der Waals surface area (Å²) < 4.78 is 1.49. The van der Waals surface area contributed by atoms with Crippen LogP contribution < -0.4 is 5.32 Å². The van der Waals surface area contributed by atoms with Crippen LogP contribution in [0.5, 0.6) is 0 Å². The first kappa shape index (κ1) is 11.2. The van der Waals surface area contributed by atoms with E-state index in [9.17, 15) is 9.59 Å². The van der Waals surface area contributed by atoms with Crippen molar-refractivity contribution in [2.45, 2.75) is 6.10 Å². The van der Waals surface area contributed by atoms with Gasteiger partial charge in [-0.1, -0.05) is 0 Å². The fourth-order valence-corrected chi connectivity index (χ4v) is 0.943. The standard InChI is InChI=1S/C8H11N3O4/c1-11-4-9-2-5(11)7(13)10-3-6(12)8(14)15/h2,4,6,12H,3H2,1H3,(H,10,13)(H,14,15). The van der Waals surface area contributed by atoms with Gasteiger partial charge in [0.2, 0.25) is 0 Å². The number of hydrogen-bond acceptors (Lipinski definition) is 4. The van der Waals surface area contributed by atoms with Crippen LogP contribution >= 0.6 is 0 Å². The molecule has 82 valence electrons. The summed E-state index contributed by atoms with van der Waals surface area (Å²) in [6.07, 6.45) is 1.20. The predicted octanol–water partition coefficient (Wildman–Crippen LogP) is -1.40. The fourth-order valence-electron chi connectivity index (χ4n) is 0.943. The Labute approximate surface area is 85.4 Å². The van der Waals surface area contributed by atoms with E-state index in [1.54, 1.807) is 7.05 Å². The third-order valence-electron chi connectivity index (χ3n) is 1.79. The number of carbonyl (C=O) groups is 2. The van der Waals surface area contributed by atoms with Gasteiger partial charge < -0.3 is 20.1 Å². The summed E-state index contributed by atoms with van der Waals surface area (Å²) in [5, 5.41) is 19.5. The molecule has 1 unspecified atom stereocenters. The van der Waals surface area contributed by atoms with Crippen molar-refractivity contribution in [2.75, 3.05) is 6.54 Å². The van der Waals surface area contributed by atoms with Crippen molar-refractivity contribution in [1.29, 1.82) is 0 Å². The topological polar surface area (TPSA) is 104 Å². The van der Waals surface area contributed by atoms with Gasteiger partial charge in [0.1, 0.15) is 5.69 Å². The highest BCUT2D eigenvalue weighted by Crippen LogP contribution is 1.95. The second kappa shape index (κ2) is 4.56. The molecule has 7 nitrogen and oxygen atoms in total. The first-order valence-electron chi connectivity index (χ1n) is 4.17. The van der Waals surface area contributed by atoms with E-state index in [4.69, 9.17) is 10.2 Å². The number of aryl methyl sites for hydroxylation is 1. The van der Waals surface area contributed by atoms with Crippen LogP contribution in [-0.2, 0) is 11.8 Å². The summed E-state index contributed by atoms with van der Waals surface area (Å²) in [7, 11) is 1.63. The molecule has 3 N–H and O–H groups in total. The van der Waals surface area contributed by atoms with E-state index < -0.39 is 18.0 Å². The molecule has 1 atom stereocenters. The van der Waals surface area contributed by atoms with Crippen LogP contribution in [-0.4, -0.2) is 44.3 Å². The number of aliphatic hydroxyl groups is 1. The van der Waals surface area contributed by atoms with Gasteiger partial charge in [0, 0.05) is 7.05 Å². The van der Waals surface area contributed by atoms with Gasteiger partial charge in [-0.3, -0.25) is 4.79 Å². The molecule has 0 aromatic carbocycles. The van der Waals surface area contributed by atoms with Crippen LogP contribution in [0.2, 0.25) is 0 Å². The van der Waals surface area contributed by atoms with E-state index in [1.807, 2.05) is 0 Å². The summed E-state index contributed by atoms with van der Waals surface area (Å²) in [5.74, 6) is -1.85. The van der Waals surface area contributed by atoms with E-state index in [1.165, 1.54) is 17.1 Å². The van der Waals surface area contributed by atoms with Crippen LogP contribution in [0.3, 0.4) is 0 Å². The Morgan fingerprint density at radius 1 is 1.67 bits per heavy atom. The van der Waals surface area contributed by atoms with Gasteiger partial charge in [-0.05, 0) is 0 Å². The highest BCUT2D eigenvalue weighted by molar-refractivity contribution is 5.92. The Hall–Kier alpha value is -1.89. The molecule has 1 rings (SSSR count). The molecule has 0 saturated carbocycles. The monoisotopic (exact) mass is 213 g/mol. The molecule has 1 heterocycles. The van der Waals surface area contributed by atoms with Crippen LogP contribution in [0.25, 0.3) is 0 Å². The Morgan fingerprint density at radius 2 is 2.33 bits per heavy atom. The van der Waals surface area contributed by atoms with Crippen LogP contribution in [0.4, 0.5) is 0 Å². The Balaban J connectivity index is 2.51. The Morgan fingerprint density at radius 3 is 2.80 bits per heavy atom. The van der Waals surface area contributed by atoms with Gasteiger partial charge in [-0.25, -0.2) is 9.78 Å². The highest BCUT2D eigenvalue weighted by Gasteiger charge is 2.16. The van der Waals surface area contributed by atoms with E-state index in [0.29, 0.717) is 5.69 Å². The maximum Gasteiger partial charge on any atom is 0.334 e. The number of aliphatic carboxylic acids is 1. The summed E-state index contributed by atoms with van der Waals surface area (Å²) in [6, 6.07) is 0. The summed E-state index contributed by atoms with van der Waals surface area (Å²) in [4.78, 5) is 25.4. The molecule has 0 aliphatic carbocycles. The average Bonchev–Trinajstić information content (AvgIpc) is 2.60. The fraction of sp³-hybridized carbons (Fsp3) is 0.375. The smallest absolute Gasteiger partial charge is 0.334 e. The number of aromatic nitrogens is 2. The Bertz CT molecular complexity index is 374. The zero-order chi connectivity index (χ0) is 11.4. The summed E-state index contributed by atoms with van der Waals surface area (Å²) in [6.45, 7) is -0.334. The van der Waals surface area contributed by atoms with Crippen molar-refractivity contribution in [3.63, 3.8) is 0 Å². The molecule has 1 aromatic rings. The zero-order valence-electron chi connectivity index (χ0n) is 8.04. The number of carbonyl (C=O) groups excluding carboxylic acids is 1. The van der Waals surface area contributed by atoms with Crippen LogP contribution in [0.1, 0.15) is 10.5 Å². The number of carboxylic acids is 1. The maximum atomic E-state index is 11.4. The molecule has 0 aliphatic rings. The molecule has 0 spiro atoms. The second-order valence-corrected chi connectivity index (χ2v) is 2.95. The number of nitrogens with zero attached hydrogens (tertiary/aromatic N) is 2. The van der Waals surface area contributed by atoms with Crippen LogP contribution in [0.15, 0.2) is 12.5 Å². The molecule has 1 amide bonds. The largest absolute Gasteiger partial charge is 0.479 e. The molecule has 0 radical (unpaired) electrons. The van der Waals surface area contributed by atoms with Crippen molar-refractivity contribution < 1.29 is 19.8 Å². The number of hydrogen-bond donors (Lipinski definition) is 3. The van der Waals surface area contributed by atoms with E-state index in [2.05, 4.69) is 10.3 Å². The van der Waals surface area contributed by atoms with Gasteiger partial charge >= 0.3 is 5.97 Å². The van der Waals surface area contributed by atoms with Crippen molar-refractivity contribution >= 4 is 11.9 Å².